The minimum absolute atomic E-state index is 0.836. The third kappa shape index (κ3) is 4.86. The van der Waals surface area contributed by atoms with Gasteiger partial charge in [0.2, 0.25) is 0 Å². The van der Waals surface area contributed by atoms with Crippen LogP contribution < -0.4 is 0 Å². The number of hydrogen-bond donors (Lipinski definition) is 0. The highest BCUT2D eigenvalue weighted by atomic mass is 32.1. The van der Waals surface area contributed by atoms with Crippen molar-refractivity contribution < 1.29 is 0 Å². The Balaban J connectivity index is 1.26. The maximum Gasteiger partial charge on any atom is 0.105 e. The van der Waals surface area contributed by atoms with Crippen molar-refractivity contribution in [3.05, 3.63) is 23.8 Å². The van der Waals surface area contributed by atoms with Crippen molar-refractivity contribution in [2.45, 2.75) is 45.2 Å². The van der Waals surface area contributed by atoms with Crippen molar-refractivity contribution in [2.75, 3.05) is 46.3 Å². The number of likely N-dealkylation sites (tertiary alicyclic amines) is 2. The van der Waals surface area contributed by atoms with Gasteiger partial charge in [0.15, 0.2) is 0 Å². The van der Waals surface area contributed by atoms with Crippen molar-refractivity contribution in [3.8, 4) is 0 Å². The normalized spacial score (nSPS) is 21.4. The van der Waals surface area contributed by atoms with E-state index in [0.717, 1.165) is 36.1 Å². The SMILES string of the molecule is CCN(Cc1ccc2nsnc2c1)CC1CCN(C2CCN(C)CC2)CC1. The van der Waals surface area contributed by atoms with Crippen molar-refractivity contribution in [2.24, 2.45) is 5.92 Å². The molecule has 2 aromatic rings. The molecular formula is C21H33N5S. The molecule has 0 N–H and O–H groups in total. The fourth-order valence-electron chi connectivity index (χ4n) is 4.72. The largest absolute Gasteiger partial charge is 0.306 e. The summed E-state index contributed by atoms with van der Waals surface area (Å²) in [6.45, 7) is 10.8. The molecule has 1 aromatic carbocycles. The van der Waals surface area contributed by atoms with E-state index >= 15 is 0 Å². The Bertz CT molecular complexity index is 716. The van der Waals surface area contributed by atoms with Crippen molar-refractivity contribution in [1.29, 1.82) is 0 Å². The Kier molecular flexibility index (Phi) is 6.38. The van der Waals surface area contributed by atoms with Gasteiger partial charge in [0.1, 0.15) is 11.0 Å². The Hall–Kier alpha value is -1.08. The number of piperidine rings is 2. The predicted molar refractivity (Wildman–Crippen MR) is 113 cm³/mol. The van der Waals surface area contributed by atoms with E-state index in [4.69, 9.17) is 0 Å². The Morgan fingerprint density at radius 2 is 1.78 bits per heavy atom. The Morgan fingerprint density at radius 3 is 2.52 bits per heavy atom. The monoisotopic (exact) mass is 387 g/mol. The fraction of sp³-hybridized carbons (Fsp3) is 0.714. The molecule has 0 bridgehead atoms. The summed E-state index contributed by atoms with van der Waals surface area (Å²) in [6, 6.07) is 7.38. The average molecular weight is 388 g/mol. The second kappa shape index (κ2) is 8.95. The molecule has 0 saturated carbocycles. The molecule has 2 saturated heterocycles. The second-order valence-corrected chi connectivity index (χ2v) is 8.96. The molecule has 2 fully saturated rings. The van der Waals surface area contributed by atoms with E-state index in [1.165, 1.54) is 75.7 Å². The first-order chi connectivity index (χ1) is 13.2. The van der Waals surface area contributed by atoms with Gasteiger partial charge < -0.3 is 9.80 Å². The molecule has 3 heterocycles. The van der Waals surface area contributed by atoms with Crippen LogP contribution in [0.1, 0.15) is 38.2 Å². The van der Waals surface area contributed by atoms with Gasteiger partial charge in [-0.3, -0.25) is 4.90 Å². The van der Waals surface area contributed by atoms with Gasteiger partial charge in [0, 0.05) is 19.1 Å². The summed E-state index contributed by atoms with van der Waals surface area (Å²) in [5.74, 6) is 0.845. The van der Waals surface area contributed by atoms with Crippen LogP contribution in [0.3, 0.4) is 0 Å². The lowest BCUT2D eigenvalue weighted by Gasteiger charge is -2.41. The van der Waals surface area contributed by atoms with Gasteiger partial charge in [-0.25, -0.2) is 0 Å². The minimum atomic E-state index is 0.836. The molecule has 1 aromatic heterocycles. The van der Waals surface area contributed by atoms with Crippen LogP contribution in [0, 0.1) is 5.92 Å². The molecule has 0 amide bonds. The van der Waals surface area contributed by atoms with Crippen LogP contribution in [-0.2, 0) is 6.54 Å². The van der Waals surface area contributed by atoms with Crippen LogP contribution >= 0.6 is 11.7 Å². The van der Waals surface area contributed by atoms with Gasteiger partial charge in [0.05, 0.1) is 11.7 Å². The van der Waals surface area contributed by atoms with Crippen LogP contribution in [0.5, 0.6) is 0 Å². The van der Waals surface area contributed by atoms with Gasteiger partial charge in [-0.1, -0.05) is 13.0 Å². The smallest absolute Gasteiger partial charge is 0.105 e. The van der Waals surface area contributed by atoms with Crippen molar-refractivity contribution >= 4 is 22.8 Å². The summed E-state index contributed by atoms with van der Waals surface area (Å²) >= 11 is 1.31. The van der Waals surface area contributed by atoms with Crippen molar-refractivity contribution in [1.82, 2.24) is 23.4 Å². The number of hydrogen-bond acceptors (Lipinski definition) is 6. The molecule has 0 atom stereocenters. The Morgan fingerprint density at radius 1 is 1.04 bits per heavy atom. The van der Waals surface area contributed by atoms with Crippen LogP contribution in [0.2, 0.25) is 0 Å². The van der Waals surface area contributed by atoms with E-state index in [1.807, 2.05) is 0 Å². The van der Waals surface area contributed by atoms with E-state index in [2.05, 4.69) is 55.6 Å². The lowest BCUT2D eigenvalue weighted by molar-refractivity contribution is 0.0746. The zero-order chi connectivity index (χ0) is 18.6. The van der Waals surface area contributed by atoms with Crippen LogP contribution in [0.4, 0.5) is 0 Å². The van der Waals surface area contributed by atoms with E-state index in [-0.39, 0.29) is 0 Å². The molecule has 4 rings (SSSR count). The van der Waals surface area contributed by atoms with E-state index in [0.29, 0.717) is 0 Å². The third-order valence-electron chi connectivity index (χ3n) is 6.54. The molecule has 0 spiro atoms. The number of aromatic nitrogens is 2. The maximum absolute atomic E-state index is 4.39. The molecule has 148 valence electrons. The first-order valence-electron chi connectivity index (χ1n) is 10.6. The van der Waals surface area contributed by atoms with Crippen LogP contribution in [-0.4, -0.2) is 75.8 Å². The highest BCUT2D eigenvalue weighted by Crippen LogP contribution is 2.25. The average Bonchev–Trinajstić information content (AvgIpc) is 3.16. The molecule has 5 nitrogen and oxygen atoms in total. The molecule has 0 radical (unpaired) electrons. The topological polar surface area (TPSA) is 35.5 Å². The summed E-state index contributed by atoms with van der Waals surface area (Å²) in [4.78, 5) is 7.86. The first kappa shape index (κ1) is 19.2. The lowest BCUT2D eigenvalue weighted by atomic mass is 9.93. The molecule has 0 unspecified atom stereocenters. The fourth-order valence-corrected chi connectivity index (χ4v) is 5.23. The minimum Gasteiger partial charge on any atom is -0.306 e. The van der Waals surface area contributed by atoms with E-state index in [1.54, 1.807) is 0 Å². The standard InChI is InChI=1S/C21H33N5S/c1-3-25(16-18-4-5-20-21(14-18)23-27-22-20)15-17-6-12-26(13-7-17)19-8-10-24(2)11-9-19/h4-5,14,17,19H,3,6-13,15-16H2,1-2H3. The number of fused-ring (bicyclic) bond motifs is 1. The summed E-state index contributed by atoms with van der Waals surface area (Å²) in [5, 5.41) is 0. The zero-order valence-corrected chi connectivity index (χ0v) is 17.6. The van der Waals surface area contributed by atoms with Gasteiger partial charge in [-0.05, 0) is 89.1 Å². The van der Waals surface area contributed by atoms with Gasteiger partial charge >= 0.3 is 0 Å². The summed E-state index contributed by atoms with van der Waals surface area (Å²) < 4.78 is 8.70. The summed E-state index contributed by atoms with van der Waals surface area (Å²) in [7, 11) is 2.25. The van der Waals surface area contributed by atoms with E-state index < -0.39 is 0 Å². The molecule has 27 heavy (non-hydrogen) atoms. The quantitative estimate of drug-likeness (QED) is 0.760. The predicted octanol–water partition coefficient (Wildman–Crippen LogP) is 3.32. The number of nitrogens with zero attached hydrogens (tertiary/aromatic N) is 5. The van der Waals surface area contributed by atoms with Crippen molar-refractivity contribution in [3.63, 3.8) is 0 Å². The summed E-state index contributed by atoms with van der Waals surface area (Å²) in [5.41, 5.74) is 3.42. The highest BCUT2D eigenvalue weighted by molar-refractivity contribution is 7.00. The molecular weight excluding hydrogens is 354 g/mol. The van der Waals surface area contributed by atoms with Crippen LogP contribution in [0.25, 0.3) is 11.0 Å². The number of rotatable bonds is 6. The maximum atomic E-state index is 4.39. The van der Waals surface area contributed by atoms with Gasteiger partial charge in [-0.15, -0.1) is 0 Å². The Labute approximate surface area is 167 Å². The molecule has 0 aliphatic carbocycles. The first-order valence-corrected chi connectivity index (χ1v) is 11.3. The molecule has 2 aliphatic heterocycles. The zero-order valence-electron chi connectivity index (χ0n) is 16.8. The third-order valence-corrected chi connectivity index (χ3v) is 7.10. The second-order valence-electron chi connectivity index (χ2n) is 8.43. The van der Waals surface area contributed by atoms with Gasteiger partial charge in [-0.2, -0.15) is 8.75 Å². The van der Waals surface area contributed by atoms with Gasteiger partial charge in [0.25, 0.3) is 0 Å². The number of benzene rings is 1. The van der Waals surface area contributed by atoms with Crippen LogP contribution in [0.15, 0.2) is 18.2 Å². The highest BCUT2D eigenvalue weighted by Gasteiger charge is 2.27. The lowest BCUT2D eigenvalue weighted by Crippen LogP contribution is -2.47. The molecule has 6 heteroatoms. The van der Waals surface area contributed by atoms with E-state index in [9.17, 15) is 0 Å². The molecule has 2 aliphatic rings. The summed E-state index contributed by atoms with van der Waals surface area (Å²) in [6.07, 6.45) is 5.43.